The summed E-state index contributed by atoms with van der Waals surface area (Å²) >= 11 is 0. The quantitative estimate of drug-likeness (QED) is 0.0491. The second kappa shape index (κ2) is 36.9. The largest absolute Gasteiger partial charge is 0.492 e. The van der Waals surface area contributed by atoms with Crippen LogP contribution >= 0.6 is 7.60 Å². The minimum atomic E-state index is -4.19. The molecule has 1 amide bonds. The van der Waals surface area contributed by atoms with Crippen molar-refractivity contribution in [1.29, 1.82) is 0 Å². The monoisotopic (exact) mass is 901 g/mol. The third-order valence-electron chi connectivity index (χ3n) is 7.95. The van der Waals surface area contributed by atoms with Gasteiger partial charge in [-0.1, -0.05) is 19.1 Å². The molecule has 2 rings (SSSR count). The molecule has 0 fully saturated rings. The van der Waals surface area contributed by atoms with E-state index in [1.807, 2.05) is 6.92 Å². The second-order valence-electron chi connectivity index (χ2n) is 13.1. The summed E-state index contributed by atoms with van der Waals surface area (Å²) < 4.78 is 85.0. The van der Waals surface area contributed by atoms with Gasteiger partial charge in [0.1, 0.15) is 32.2 Å². The molecule has 0 saturated heterocycles. The summed E-state index contributed by atoms with van der Waals surface area (Å²) in [5, 5.41) is 2.84. The van der Waals surface area contributed by atoms with Crippen LogP contribution in [0.1, 0.15) is 42.1 Å². The summed E-state index contributed by atoms with van der Waals surface area (Å²) in [6.07, 6.45) is 7.31. The predicted molar refractivity (Wildman–Crippen MR) is 230 cm³/mol. The zero-order valence-electron chi connectivity index (χ0n) is 36.4. The Bertz CT molecular complexity index is 1500. The van der Waals surface area contributed by atoms with Gasteiger partial charge in [0.2, 0.25) is 5.75 Å². The summed E-state index contributed by atoms with van der Waals surface area (Å²) in [5.74, 6) is 3.42. The molecule has 0 aliphatic carbocycles. The summed E-state index contributed by atoms with van der Waals surface area (Å²) in [6, 6.07) is 9.50. The number of terminal acetylenes is 1. The molecule has 3 N–H and O–H groups in total. The highest BCUT2D eigenvalue weighted by Gasteiger charge is 2.20. The van der Waals surface area contributed by atoms with E-state index in [-0.39, 0.29) is 81.8 Å². The Morgan fingerprint density at radius 1 is 0.613 bits per heavy atom. The van der Waals surface area contributed by atoms with Crippen molar-refractivity contribution in [2.45, 2.75) is 32.3 Å². The van der Waals surface area contributed by atoms with Crippen molar-refractivity contribution in [3.8, 4) is 35.3 Å². The Balaban J connectivity index is 2.07. The number of rotatable bonds is 42. The van der Waals surface area contributed by atoms with E-state index in [0.29, 0.717) is 110 Å². The zero-order chi connectivity index (χ0) is 44.8. The fourth-order valence-electron chi connectivity index (χ4n) is 5.02. The number of methoxy groups -OCH3 is 1. The average Bonchev–Trinajstić information content (AvgIpc) is 3.25. The number of unbranched alkanes of at least 4 members (excludes halogenated alkanes) is 1. The molecule has 18 nitrogen and oxygen atoms in total. The lowest BCUT2D eigenvalue weighted by Crippen LogP contribution is -2.28. The maximum Gasteiger partial charge on any atom is 0.329 e. The van der Waals surface area contributed by atoms with Crippen molar-refractivity contribution in [2.24, 2.45) is 0 Å². The van der Waals surface area contributed by atoms with Crippen molar-refractivity contribution in [3.05, 3.63) is 47.5 Å². The number of benzene rings is 2. The summed E-state index contributed by atoms with van der Waals surface area (Å²) in [5.41, 5.74) is 0.719. The highest BCUT2D eigenvalue weighted by molar-refractivity contribution is 7.50. The molecule has 352 valence electrons. The van der Waals surface area contributed by atoms with E-state index in [9.17, 15) is 19.1 Å². The fourth-order valence-corrected chi connectivity index (χ4v) is 5.71. The number of nitrogens with one attached hydrogen (secondary N) is 1. The first-order chi connectivity index (χ1) is 30.3. The molecule has 19 heteroatoms. The molecule has 2 aromatic rings. The molecule has 0 bridgehead atoms. The number of amides is 1. The van der Waals surface area contributed by atoms with Gasteiger partial charge in [0.15, 0.2) is 11.5 Å². The molecule has 0 heterocycles. The lowest BCUT2D eigenvalue weighted by Gasteiger charge is -2.19. The Morgan fingerprint density at radius 2 is 1.06 bits per heavy atom. The Morgan fingerprint density at radius 3 is 1.53 bits per heavy atom. The minimum Gasteiger partial charge on any atom is -0.492 e. The van der Waals surface area contributed by atoms with Crippen LogP contribution in [-0.4, -0.2) is 168 Å². The van der Waals surface area contributed by atoms with Gasteiger partial charge in [-0.05, 0) is 42.7 Å². The van der Waals surface area contributed by atoms with Crippen LogP contribution in [0.5, 0.6) is 23.0 Å². The molecule has 2 aromatic carbocycles. The van der Waals surface area contributed by atoms with E-state index in [0.717, 1.165) is 12.8 Å². The van der Waals surface area contributed by atoms with Crippen LogP contribution in [0.25, 0.3) is 0 Å². The highest BCUT2D eigenvalue weighted by Crippen LogP contribution is 2.40. The molecule has 0 radical (unpaired) electrons. The van der Waals surface area contributed by atoms with Gasteiger partial charge in [-0.3, -0.25) is 9.36 Å². The van der Waals surface area contributed by atoms with Crippen molar-refractivity contribution in [2.75, 3.05) is 152 Å². The molecule has 0 aliphatic heterocycles. The number of hydrogen-bond acceptors (Lipinski definition) is 15. The number of ether oxygens (including phenoxy) is 13. The Labute approximate surface area is 366 Å². The Kier molecular flexibility index (Phi) is 32.5. The number of hydrogen-bond donors (Lipinski definition) is 3. The van der Waals surface area contributed by atoms with Crippen molar-refractivity contribution in [3.63, 3.8) is 0 Å². The van der Waals surface area contributed by atoms with Gasteiger partial charge >= 0.3 is 7.60 Å². The van der Waals surface area contributed by atoms with Gasteiger partial charge in [0.25, 0.3) is 5.91 Å². The van der Waals surface area contributed by atoms with Crippen LogP contribution in [-0.2, 0) is 53.4 Å². The summed E-state index contributed by atoms with van der Waals surface area (Å²) in [4.78, 5) is 31.9. The molecule has 0 atom stereocenters. The zero-order valence-corrected chi connectivity index (χ0v) is 37.3. The average molecular weight is 902 g/mol. The highest BCUT2D eigenvalue weighted by atomic mass is 31.2. The van der Waals surface area contributed by atoms with Gasteiger partial charge < -0.3 is 76.7 Å². The maximum atomic E-state index is 13.5. The van der Waals surface area contributed by atoms with Crippen LogP contribution in [0.3, 0.4) is 0 Å². The van der Waals surface area contributed by atoms with E-state index in [4.69, 9.17) is 68.0 Å². The van der Waals surface area contributed by atoms with Crippen LogP contribution < -0.4 is 24.3 Å². The summed E-state index contributed by atoms with van der Waals surface area (Å²) in [7, 11) is -2.58. The standard InChI is InChI=1S/C43H68NO17P/c1-4-6-7-14-51-19-21-57-30-33-61-42-40(59-31-28-55-26-24-53-20-18-50-13-5-2)34-38(35-41(42)60-32-29-56-27-25-54-23-22-52-17-16-49-3)43(45)44-12-15-58-39-10-8-37(9-11-39)36-62(46,47)48/h1,8-11,34-35H,5-7,12-33,36H2,2-3H3,(H,44,45)(H2,46,47,48). The van der Waals surface area contributed by atoms with E-state index < -0.39 is 13.5 Å². The molecule has 0 aromatic heterocycles. The van der Waals surface area contributed by atoms with Crippen LogP contribution in [0.4, 0.5) is 0 Å². The Hall–Kier alpha value is -3.54. The number of carbonyl (C=O) groups is 1. The first-order valence-electron chi connectivity index (χ1n) is 20.9. The van der Waals surface area contributed by atoms with Crippen molar-refractivity contribution >= 4 is 13.5 Å². The lowest BCUT2D eigenvalue weighted by molar-refractivity contribution is -0.0000467. The smallest absolute Gasteiger partial charge is 0.329 e. The normalized spacial score (nSPS) is 11.3. The first kappa shape index (κ1) is 54.6. The van der Waals surface area contributed by atoms with Gasteiger partial charge in [-0.25, -0.2) is 0 Å². The first-order valence-corrected chi connectivity index (χ1v) is 22.7. The van der Waals surface area contributed by atoms with Gasteiger partial charge in [0, 0.05) is 32.3 Å². The van der Waals surface area contributed by atoms with E-state index in [1.54, 1.807) is 43.5 Å². The van der Waals surface area contributed by atoms with E-state index >= 15 is 0 Å². The van der Waals surface area contributed by atoms with Crippen LogP contribution in [0.2, 0.25) is 0 Å². The molecule has 0 aliphatic rings. The van der Waals surface area contributed by atoms with E-state index in [2.05, 4.69) is 11.2 Å². The van der Waals surface area contributed by atoms with Crippen LogP contribution in [0.15, 0.2) is 36.4 Å². The molecule has 0 unspecified atom stereocenters. The van der Waals surface area contributed by atoms with Gasteiger partial charge in [0.05, 0.1) is 112 Å². The number of carbonyl (C=O) groups excluding carboxylic acids is 1. The molecular formula is C43H68NO17P. The molecular weight excluding hydrogens is 833 g/mol. The lowest BCUT2D eigenvalue weighted by atomic mass is 10.1. The fraction of sp³-hybridized carbons (Fsp3) is 0.651. The topological polar surface area (TPSA) is 207 Å². The summed E-state index contributed by atoms with van der Waals surface area (Å²) in [6.45, 7) is 9.85. The molecule has 0 saturated carbocycles. The molecule has 0 spiro atoms. The van der Waals surface area contributed by atoms with E-state index in [1.165, 1.54) is 0 Å². The third kappa shape index (κ3) is 28.9. The molecule has 62 heavy (non-hydrogen) atoms. The third-order valence-corrected chi connectivity index (χ3v) is 8.72. The van der Waals surface area contributed by atoms with Gasteiger partial charge in [-0.15, -0.1) is 12.3 Å². The minimum absolute atomic E-state index is 0.127. The predicted octanol–water partition coefficient (Wildman–Crippen LogP) is 3.91. The van der Waals surface area contributed by atoms with Crippen LogP contribution in [0, 0.1) is 12.3 Å². The maximum absolute atomic E-state index is 13.5. The van der Waals surface area contributed by atoms with Crippen molar-refractivity contribution < 1.29 is 80.7 Å². The van der Waals surface area contributed by atoms with Gasteiger partial charge in [-0.2, -0.15) is 0 Å². The SMILES string of the molecule is C#CCCCOCCOCCOc1c(OCCOCCOCCOCCC)cc(C(=O)NCCOc2ccc(CP(=O)(O)O)cc2)cc1OCCOCCOCCOCCOC. The second-order valence-corrected chi connectivity index (χ2v) is 14.8. The van der Waals surface area contributed by atoms with Crippen molar-refractivity contribution in [1.82, 2.24) is 5.32 Å².